The Labute approximate surface area is 90.5 Å². The molecule has 0 bridgehead atoms. The van der Waals surface area contributed by atoms with Gasteiger partial charge in [-0.05, 0) is 0 Å². The minimum absolute atomic E-state index is 0. The van der Waals surface area contributed by atoms with Gasteiger partial charge in [0, 0.05) is 0 Å². The molecule has 0 aromatic heterocycles. The number of carboxylic acid groups (broad SMARTS) is 2. The molecule has 0 fully saturated rings. The number of hydrogen-bond acceptors (Lipinski definition) is 2. The predicted molar refractivity (Wildman–Crippen MR) is 42.9 cm³/mol. The van der Waals surface area contributed by atoms with E-state index in [9.17, 15) is 9.59 Å². The first-order valence-corrected chi connectivity index (χ1v) is 3.19. The van der Waals surface area contributed by atoms with Gasteiger partial charge in [0.05, 0.1) is 0 Å². The molecular weight excluding hydrogens is 359 g/mol. The molecule has 80 valence electrons. The largest absolute Gasteiger partial charge is 2.00 e. The van der Waals surface area contributed by atoms with Gasteiger partial charge in [-0.25, -0.2) is 0 Å². The molecule has 13 heavy (non-hydrogen) atoms. The van der Waals surface area contributed by atoms with Crippen molar-refractivity contribution in [3.63, 3.8) is 0 Å². The summed E-state index contributed by atoms with van der Waals surface area (Å²) in [7, 11) is 0. The van der Waals surface area contributed by atoms with E-state index >= 15 is 0 Å². The van der Waals surface area contributed by atoms with Crippen LogP contribution in [0.5, 0.6) is 0 Å². The molecule has 0 saturated heterocycles. The third-order valence-corrected chi connectivity index (χ3v) is 0.609. The SMILES string of the molecule is CC([NH-])C[NH-].O=C(O)CC(=O)O.[Pt+2]. The van der Waals surface area contributed by atoms with Crippen molar-refractivity contribution in [3.8, 4) is 0 Å². The topological polar surface area (TPSA) is 122 Å². The third-order valence-electron chi connectivity index (χ3n) is 0.609. The van der Waals surface area contributed by atoms with E-state index in [1.165, 1.54) is 0 Å². The third kappa shape index (κ3) is 34.2. The Bertz CT molecular complexity index is 140. The molecule has 0 radical (unpaired) electrons. The number of nitrogens with one attached hydrogen (secondary N) is 2. The van der Waals surface area contributed by atoms with E-state index in [0.717, 1.165) is 0 Å². The van der Waals surface area contributed by atoms with Gasteiger partial charge in [-0.1, -0.05) is 6.92 Å². The van der Waals surface area contributed by atoms with E-state index in [2.05, 4.69) is 0 Å². The summed E-state index contributed by atoms with van der Waals surface area (Å²) in [6.07, 6.45) is -0.806. The molecular formula is C6H12N2O4Pt. The normalized spacial score (nSPS) is 10.1. The van der Waals surface area contributed by atoms with Crippen LogP contribution in [0.25, 0.3) is 11.5 Å². The monoisotopic (exact) mass is 371 g/mol. The van der Waals surface area contributed by atoms with Crippen LogP contribution in [-0.4, -0.2) is 34.7 Å². The number of aliphatic carboxylic acids is 2. The summed E-state index contributed by atoms with van der Waals surface area (Å²) in [4.78, 5) is 18.9. The summed E-state index contributed by atoms with van der Waals surface area (Å²) >= 11 is 0. The van der Waals surface area contributed by atoms with Crippen LogP contribution in [0.15, 0.2) is 0 Å². The van der Waals surface area contributed by atoms with Crippen molar-refractivity contribution < 1.29 is 40.9 Å². The second kappa shape index (κ2) is 11.5. The van der Waals surface area contributed by atoms with Crippen LogP contribution in [0.1, 0.15) is 13.3 Å². The van der Waals surface area contributed by atoms with E-state index in [4.69, 9.17) is 21.7 Å². The van der Waals surface area contributed by atoms with E-state index in [0.29, 0.717) is 0 Å². The molecule has 0 amide bonds. The van der Waals surface area contributed by atoms with Gasteiger partial charge in [-0.3, -0.25) is 9.59 Å². The first-order valence-electron chi connectivity index (χ1n) is 3.19. The molecule has 0 saturated carbocycles. The van der Waals surface area contributed by atoms with Crippen LogP contribution in [0, 0.1) is 0 Å². The Morgan fingerprint density at radius 2 is 1.54 bits per heavy atom. The summed E-state index contributed by atoms with van der Waals surface area (Å²) < 4.78 is 0. The first kappa shape index (κ1) is 18.4. The summed E-state index contributed by atoms with van der Waals surface area (Å²) in [5.41, 5.74) is 13.1. The van der Waals surface area contributed by atoms with Gasteiger partial charge in [0.1, 0.15) is 6.42 Å². The molecule has 1 unspecified atom stereocenters. The molecule has 0 heterocycles. The zero-order valence-corrected chi connectivity index (χ0v) is 9.29. The molecule has 0 spiro atoms. The fourth-order valence-electron chi connectivity index (χ4n) is 0.129. The zero-order chi connectivity index (χ0) is 10.1. The van der Waals surface area contributed by atoms with Crippen molar-refractivity contribution in [3.05, 3.63) is 11.5 Å². The Kier molecular flexibility index (Phi) is 16.3. The Hall–Kier alpha value is -0.452. The maximum atomic E-state index is 9.43. The zero-order valence-electron chi connectivity index (χ0n) is 7.02. The summed E-state index contributed by atoms with van der Waals surface area (Å²) in [6.45, 7) is 1.92. The predicted octanol–water partition coefficient (Wildman–Crippen LogP) is 1.02. The molecule has 0 aromatic carbocycles. The van der Waals surface area contributed by atoms with Gasteiger partial charge in [-0.15, -0.1) is 0 Å². The van der Waals surface area contributed by atoms with Crippen molar-refractivity contribution in [1.82, 2.24) is 0 Å². The van der Waals surface area contributed by atoms with Crippen LogP contribution in [0.4, 0.5) is 0 Å². The van der Waals surface area contributed by atoms with Gasteiger partial charge in [0.2, 0.25) is 0 Å². The van der Waals surface area contributed by atoms with Crippen LogP contribution in [0.2, 0.25) is 0 Å². The van der Waals surface area contributed by atoms with Gasteiger partial charge < -0.3 is 21.7 Å². The van der Waals surface area contributed by atoms with Crippen LogP contribution < -0.4 is 0 Å². The van der Waals surface area contributed by atoms with Crippen molar-refractivity contribution in [2.45, 2.75) is 19.4 Å². The molecule has 0 aliphatic carbocycles. The minimum atomic E-state index is -1.31. The maximum Gasteiger partial charge on any atom is 2.00 e. The second-order valence-electron chi connectivity index (χ2n) is 2.07. The van der Waals surface area contributed by atoms with Crippen LogP contribution in [-0.2, 0) is 30.7 Å². The average molecular weight is 371 g/mol. The summed E-state index contributed by atoms with van der Waals surface area (Å²) in [6, 6.07) is -0.199. The van der Waals surface area contributed by atoms with Gasteiger partial charge in [-0.2, -0.15) is 12.6 Å². The summed E-state index contributed by atoms with van der Waals surface area (Å²) in [5, 5.41) is 15.4. The van der Waals surface area contributed by atoms with Gasteiger partial charge in [0.15, 0.2) is 0 Å². The molecule has 6 nitrogen and oxygen atoms in total. The standard InChI is InChI=1S/C3H8N2.C3H4O4.Pt/c1-3(5)2-4;4-2(5)1-3(6)7;/h3-5H,2H2,1H3;1H2,(H,4,5)(H,6,7);/q-2;;+2. The van der Waals surface area contributed by atoms with Crippen LogP contribution >= 0.6 is 0 Å². The minimum Gasteiger partial charge on any atom is -0.679 e. The molecule has 0 rings (SSSR count). The van der Waals surface area contributed by atoms with Gasteiger partial charge >= 0.3 is 33.0 Å². The van der Waals surface area contributed by atoms with E-state index in [-0.39, 0.29) is 33.7 Å². The Morgan fingerprint density at radius 1 is 1.31 bits per heavy atom. The number of carboxylic acids is 2. The van der Waals surface area contributed by atoms with E-state index in [1.807, 2.05) is 0 Å². The smallest absolute Gasteiger partial charge is 0.679 e. The first-order chi connectivity index (χ1) is 5.40. The fourth-order valence-corrected chi connectivity index (χ4v) is 0.129. The second-order valence-corrected chi connectivity index (χ2v) is 2.07. The fraction of sp³-hybridized carbons (Fsp3) is 0.667. The van der Waals surface area contributed by atoms with Crippen molar-refractivity contribution in [2.75, 3.05) is 6.54 Å². The van der Waals surface area contributed by atoms with Crippen LogP contribution in [0.3, 0.4) is 0 Å². The Morgan fingerprint density at radius 3 is 1.54 bits per heavy atom. The Balaban J connectivity index is -0.000000150. The summed E-state index contributed by atoms with van der Waals surface area (Å²) in [5.74, 6) is -2.62. The molecule has 0 aliphatic heterocycles. The maximum absolute atomic E-state index is 9.43. The van der Waals surface area contributed by atoms with Crippen molar-refractivity contribution in [1.29, 1.82) is 0 Å². The number of rotatable bonds is 3. The molecule has 7 heteroatoms. The quantitative estimate of drug-likeness (QED) is 0.719. The molecule has 0 aliphatic rings. The van der Waals surface area contributed by atoms with E-state index in [1.54, 1.807) is 6.92 Å². The van der Waals surface area contributed by atoms with Gasteiger partial charge in [0.25, 0.3) is 0 Å². The number of carbonyl (C=O) groups is 2. The average Bonchev–Trinajstić information content (AvgIpc) is 1.85. The van der Waals surface area contributed by atoms with E-state index < -0.39 is 18.4 Å². The molecule has 4 N–H and O–H groups in total. The number of hydrogen-bond donors (Lipinski definition) is 2. The van der Waals surface area contributed by atoms with Crippen molar-refractivity contribution in [2.24, 2.45) is 0 Å². The van der Waals surface area contributed by atoms with Crippen molar-refractivity contribution >= 4 is 11.9 Å². The molecule has 1 atom stereocenters. The molecule has 0 aromatic rings.